The molecule has 5 nitrogen and oxygen atoms in total. The van der Waals surface area contributed by atoms with Crippen molar-refractivity contribution in [3.05, 3.63) is 52.0 Å². The number of methoxy groups -OCH3 is 2. The van der Waals surface area contributed by atoms with Crippen molar-refractivity contribution >= 4 is 17.5 Å². The summed E-state index contributed by atoms with van der Waals surface area (Å²) in [5.41, 5.74) is 3.02. The summed E-state index contributed by atoms with van der Waals surface area (Å²) in [5.74, 6) is 1.67. The van der Waals surface area contributed by atoms with Crippen LogP contribution in [0.5, 0.6) is 17.2 Å². The SMILES string of the molecule is COc1cc(C)c(CN(C)C(=O)COc2cc(C)ccc2Cl)cc1OC. The summed E-state index contributed by atoms with van der Waals surface area (Å²) in [6.45, 7) is 4.28. The van der Waals surface area contributed by atoms with Gasteiger partial charge in [0.15, 0.2) is 18.1 Å². The minimum atomic E-state index is -0.142. The van der Waals surface area contributed by atoms with Crippen LogP contribution in [0.4, 0.5) is 0 Å². The molecule has 0 aliphatic rings. The Morgan fingerprint density at radius 1 is 1.04 bits per heavy atom. The molecule has 0 heterocycles. The van der Waals surface area contributed by atoms with Gasteiger partial charge in [-0.1, -0.05) is 17.7 Å². The van der Waals surface area contributed by atoms with Crippen molar-refractivity contribution in [2.24, 2.45) is 0 Å². The van der Waals surface area contributed by atoms with Gasteiger partial charge in [0.05, 0.1) is 19.2 Å². The molecule has 2 aromatic carbocycles. The number of rotatable bonds is 7. The molecule has 0 saturated heterocycles. The third-order valence-electron chi connectivity index (χ3n) is 4.11. The van der Waals surface area contributed by atoms with Gasteiger partial charge in [-0.15, -0.1) is 0 Å². The fourth-order valence-electron chi connectivity index (χ4n) is 2.51. The number of hydrogen-bond donors (Lipinski definition) is 0. The van der Waals surface area contributed by atoms with Gasteiger partial charge in [-0.3, -0.25) is 4.79 Å². The standard InChI is InChI=1S/C20H24ClNO4/c1-13-6-7-16(21)17(8-13)26-12-20(23)22(3)11-15-10-19(25-5)18(24-4)9-14(15)2/h6-10H,11-12H2,1-5H3. The summed E-state index contributed by atoms with van der Waals surface area (Å²) in [4.78, 5) is 14.0. The highest BCUT2D eigenvalue weighted by Gasteiger charge is 2.15. The van der Waals surface area contributed by atoms with Gasteiger partial charge in [-0.25, -0.2) is 0 Å². The Labute approximate surface area is 159 Å². The maximum atomic E-state index is 12.4. The molecular formula is C20H24ClNO4. The highest BCUT2D eigenvalue weighted by molar-refractivity contribution is 6.32. The Morgan fingerprint density at radius 3 is 2.35 bits per heavy atom. The van der Waals surface area contributed by atoms with Gasteiger partial charge >= 0.3 is 0 Å². The highest BCUT2D eigenvalue weighted by atomic mass is 35.5. The lowest BCUT2D eigenvalue weighted by atomic mass is 10.1. The Bertz CT molecular complexity index is 792. The summed E-state index contributed by atoms with van der Waals surface area (Å²) in [6, 6.07) is 9.25. The number of carbonyl (C=O) groups excluding carboxylic acids is 1. The minimum Gasteiger partial charge on any atom is -0.493 e. The number of benzene rings is 2. The summed E-state index contributed by atoms with van der Waals surface area (Å²) < 4.78 is 16.2. The van der Waals surface area contributed by atoms with E-state index in [1.54, 1.807) is 32.2 Å². The molecule has 0 atom stereocenters. The van der Waals surface area contributed by atoms with Gasteiger partial charge in [-0.05, 0) is 54.8 Å². The molecule has 0 N–H and O–H groups in total. The molecule has 0 fully saturated rings. The van der Waals surface area contributed by atoms with E-state index in [0.29, 0.717) is 28.8 Å². The molecule has 0 saturated carbocycles. The van der Waals surface area contributed by atoms with Crippen LogP contribution in [-0.2, 0) is 11.3 Å². The highest BCUT2D eigenvalue weighted by Crippen LogP contribution is 2.31. The Hall–Kier alpha value is -2.40. The minimum absolute atomic E-state index is 0.0774. The molecule has 140 valence electrons. The van der Waals surface area contributed by atoms with Crippen molar-refractivity contribution in [1.82, 2.24) is 4.90 Å². The Morgan fingerprint density at radius 2 is 1.69 bits per heavy atom. The van der Waals surface area contributed by atoms with E-state index in [2.05, 4.69) is 0 Å². The van der Waals surface area contributed by atoms with E-state index in [1.807, 2.05) is 38.1 Å². The van der Waals surface area contributed by atoms with Gasteiger partial charge in [0, 0.05) is 13.6 Å². The first-order valence-electron chi connectivity index (χ1n) is 8.20. The molecule has 26 heavy (non-hydrogen) atoms. The summed E-state index contributed by atoms with van der Waals surface area (Å²) >= 11 is 6.10. The number of ether oxygens (including phenoxy) is 3. The Kier molecular flexibility index (Phi) is 6.75. The molecule has 0 aromatic heterocycles. The van der Waals surface area contributed by atoms with Crippen molar-refractivity contribution in [1.29, 1.82) is 0 Å². The van der Waals surface area contributed by atoms with E-state index in [0.717, 1.165) is 16.7 Å². The average molecular weight is 378 g/mol. The summed E-state index contributed by atoms with van der Waals surface area (Å²) in [5, 5.41) is 0.488. The lowest BCUT2D eigenvalue weighted by Crippen LogP contribution is -2.31. The lowest BCUT2D eigenvalue weighted by Gasteiger charge is -2.20. The molecule has 0 bridgehead atoms. The summed E-state index contributed by atoms with van der Waals surface area (Å²) in [7, 11) is 4.92. The van der Waals surface area contributed by atoms with Crippen LogP contribution in [0, 0.1) is 13.8 Å². The molecular weight excluding hydrogens is 354 g/mol. The quantitative estimate of drug-likeness (QED) is 0.731. The second-order valence-corrected chi connectivity index (χ2v) is 6.51. The predicted molar refractivity (Wildman–Crippen MR) is 102 cm³/mol. The van der Waals surface area contributed by atoms with Crippen molar-refractivity contribution in [3.63, 3.8) is 0 Å². The number of amides is 1. The summed E-state index contributed by atoms with van der Waals surface area (Å²) in [6.07, 6.45) is 0. The number of carbonyl (C=O) groups is 1. The van der Waals surface area contributed by atoms with Crippen LogP contribution in [0.3, 0.4) is 0 Å². The molecule has 2 rings (SSSR count). The van der Waals surface area contributed by atoms with Crippen molar-refractivity contribution < 1.29 is 19.0 Å². The first-order chi connectivity index (χ1) is 12.3. The maximum absolute atomic E-state index is 12.4. The normalized spacial score (nSPS) is 10.4. The third-order valence-corrected chi connectivity index (χ3v) is 4.43. The monoisotopic (exact) mass is 377 g/mol. The van der Waals surface area contributed by atoms with E-state index in [9.17, 15) is 4.79 Å². The van der Waals surface area contributed by atoms with Crippen LogP contribution in [-0.4, -0.2) is 38.7 Å². The van der Waals surface area contributed by atoms with E-state index >= 15 is 0 Å². The molecule has 0 unspecified atom stereocenters. The first kappa shape index (κ1) is 19.9. The number of nitrogens with zero attached hydrogens (tertiary/aromatic N) is 1. The van der Waals surface area contributed by atoms with Gasteiger partial charge < -0.3 is 19.1 Å². The van der Waals surface area contributed by atoms with Crippen LogP contribution in [0.1, 0.15) is 16.7 Å². The molecule has 1 amide bonds. The van der Waals surface area contributed by atoms with E-state index in [4.69, 9.17) is 25.8 Å². The van der Waals surface area contributed by atoms with Gasteiger partial charge in [0.2, 0.25) is 0 Å². The number of aryl methyl sites for hydroxylation is 2. The van der Waals surface area contributed by atoms with Crippen LogP contribution in [0.25, 0.3) is 0 Å². The third kappa shape index (κ3) is 4.82. The van der Waals surface area contributed by atoms with Gasteiger partial charge in [-0.2, -0.15) is 0 Å². The zero-order chi connectivity index (χ0) is 19.3. The van der Waals surface area contributed by atoms with Crippen LogP contribution in [0.2, 0.25) is 5.02 Å². The molecule has 2 aromatic rings. The zero-order valence-electron chi connectivity index (χ0n) is 15.8. The van der Waals surface area contributed by atoms with E-state index in [1.165, 1.54) is 0 Å². The zero-order valence-corrected chi connectivity index (χ0v) is 16.5. The number of likely N-dealkylation sites (N-methyl/N-ethyl adjacent to an activating group) is 1. The molecule has 0 radical (unpaired) electrons. The molecule has 0 aliphatic heterocycles. The number of hydrogen-bond acceptors (Lipinski definition) is 4. The van der Waals surface area contributed by atoms with E-state index < -0.39 is 0 Å². The predicted octanol–water partition coefficient (Wildman–Crippen LogP) is 4.01. The first-order valence-corrected chi connectivity index (χ1v) is 8.58. The molecule has 0 spiro atoms. The van der Waals surface area contributed by atoms with Gasteiger partial charge in [0.1, 0.15) is 5.75 Å². The van der Waals surface area contributed by atoms with Crippen LogP contribution < -0.4 is 14.2 Å². The fourth-order valence-corrected chi connectivity index (χ4v) is 2.68. The lowest BCUT2D eigenvalue weighted by molar-refractivity contribution is -0.132. The second-order valence-electron chi connectivity index (χ2n) is 6.11. The Balaban J connectivity index is 2.04. The van der Waals surface area contributed by atoms with E-state index in [-0.39, 0.29) is 12.5 Å². The average Bonchev–Trinajstić information content (AvgIpc) is 2.63. The van der Waals surface area contributed by atoms with Crippen molar-refractivity contribution in [2.75, 3.05) is 27.9 Å². The second kappa shape index (κ2) is 8.81. The van der Waals surface area contributed by atoms with Crippen molar-refractivity contribution in [2.45, 2.75) is 20.4 Å². The number of halogens is 1. The van der Waals surface area contributed by atoms with Crippen LogP contribution in [0.15, 0.2) is 30.3 Å². The largest absolute Gasteiger partial charge is 0.493 e. The topological polar surface area (TPSA) is 48.0 Å². The molecule has 0 aliphatic carbocycles. The van der Waals surface area contributed by atoms with Crippen LogP contribution >= 0.6 is 11.6 Å². The fraction of sp³-hybridized carbons (Fsp3) is 0.350. The smallest absolute Gasteiger partial charge is 0.260 e. The van der Waals surface area contributed by atoms with Gasteiger partial charge in [0.25, 0.3) is 5.91 Å². The van der Waals surface area contributed by atoms with Crippen molar-refractivity contribution in [3.8, 4) is 17.2 Å². The maximum Gasteiger partial charge on any atom is 0.260 e. The molecule has 6 heteroatoms.